The summed E-state index contributed by atoms with van der Waals surface area (Å²) >= 11 is 0. The first-order valence-electron chi connectivity index (χ1n) is 8.24. The van der Waals surface area contributed by atoms with Gasteiger partial charge < -0.3 is 15.4 Å². The van der Waals surface area contributed by atoms with Gasteiger partial charge in [-0.05, 0) is 62.4 Å². The van der Waals surface area contributed by atoms with Crippen LogP contribution in [0.15, 0.2) is 24.3 Å². The molecule has 2 N–H and O–H groups in total. The molecule has 0 radical (unpaired) electrons. The van der Waals surface area contributed by atoms with Gasteiger partial charge in [-0.3, -0.25) is 4.79 Å². The number of benzene rings is 1. The SMILES string of the molecule is Cl.O=C(CCc1ccc(OC(F)(F)F)cc1)NCCC1CCCNC1. The van der Waals surface area contributed by atoms with Crippen LogP contribution in [0.5, 0.6) is 5.75 Å². The molecule has 1 aromatic rings. The van der Waals surface area contributed by atoms with Crippen molar-refractivity contribution in [1.29, 1.82) is 0 Å². The number of carbonyl (C=O) groups is 1. The molecule has 142 valence electrons. The molecule has 1 saturated heterocycles. The van der Waals surface area contributed by atoms with E-state index in [4.69, 9.17) is 0 Å². The zero-order chi connectivity index (χ0) is 17.4. The molecule has 4 nitrogen and oxygen atoms in total. The predicted octanol–water partition coefficient (Wildman–Crippen LogP) is 3.45. The van der Waals surface area contributed by atoms with Gasteiger partial charge in [0.25, 0.3) is 0 Å². The molecule has 0 spiro atoms. The van der Waals surface area contributed by atoms with E-state index in [9.17, 15) is 18.0 Å². The molecule has 1 aromatic carbocycles. The summed E-state index contributed by atoms with van der Waals surface area (Å²) in [5, 5.41) is 6.25. The van der Waals surface area contributed by atoms with E-state index in [0.717, 1.165) is 25.1 Å². The molecule has 1 amide bonds. The number of ether oxygens (including phenoxy) is 1. The highest BCUT2D eigenvalue weighted by Gasteiger charge is 2.30. The summed E-state index contributed by atoms with van der Waals surface area (Å²) in [4.78, 5) is 11.8. The molecular formula is C17H24ClF3N2O2. The van der Waals surface area contributed by atoms with Crippen molar-refractivity contribution in [2.45, 2.75) is 38.5 Å². The van der Waals surface area contributed by atoms with Crippen molar-refractivity contribution in [3.05, 3.63) is 29.8 Å². The van der Waals surface area contributed by atoms with E-state index in [0.29, 0.717) is 25.3 Å². The first-order chi connectivity index (χ1) is 11.4. The minimum absolute atomic E-state index is 0. The first kappa shape index (κ1) is 21.6. The Morgan fingerprint density at radius 3 is 2.60 bits per heavy atom. The summed E-state index contributed by atoms with van der Waals surface area (Å²) in [6.07, 6.45) is -0.509. The molecule has 0 aliphatic carbocycles. The Labute approximate surface area is 151 Å². The fourth-order valence-electron chi connectivity index (χ4n) is 2.79. The second-order valence-electron chi connectivity index (χ2n) is 6.04. The number of rotatable bonds is 7. The van der Waals surface area contributed by atoms with Crippen LogP contribution in [0.1, 0.15) is 31.2 Å². The van der Waals surface area contributed by atoms with Crippen molar-refractivity contribution < 1.29 is 22.7 Å². The van der Waals surface area contributed by atoms with Crippen LogP contribution in [0.3, 0.4) is 0 Å². The van der Waals surface area contributed by atoms with E-state index in [-0.39, 0.29) is 24.1 Å². The van der Waals surface area contributed by atoms with E-state index in [1.165, 1.54) is 25.0 Å². The summed E-state index contributed by atoms with van der Waals surface area (Å²) in [5.41, 5.74) is 0.802. The molecule has 1 aliphatic heterocycles. The fourth-order valence-corrected chi connectivity index (χ4v) is 2.79. The number of hydrogen-bond donors (Lipinski definition) is 2. The highest BCUT2D eigenvalue weighted by Crippen LogP contribution is 2.23. The van der Waals surface area contributed by atoms with E-state index >= 15 is 0 Å². The summed E-state index contributed by atoms with van der Waals surface area (Å²) in [6, 6.07) is 5.61. The zero-order valence-electron chi connectivity index (χ0n) is 13.9. The smallest absolute Gasteiger partial charge is 0.406 e. The Hall–Kier alpha value is -1.47. The van der Waals surface area contributed by atoms with E-state index in [1.807, 2.05) is 0 Å². The maximum absolute atomic E-state index is 12.1. The summed E-state index contributed by atoms with van der Waals surface area (Å²) in [5.74, 6) is 0.339. The van der Waals surface area contributed by atoms with Crippen molar-refractivity contribution in [3.63, 3.8) is 0 Å². The Kier molecular flexibility index (Phi) is 9.06. The van der Waals surface area contributed by atoms with Gasteiger partial charge in [-0.15, -0.1) is 25.6 Å². The van der Waals surface area contributed by atoms with E-state index in [2.05, 4.69) is 15.4 Å². The minimum atomic E-state index is -4.69. The third-order valence-electron chi connectivity index (χ3n) is 4.07. The third kappa shape index (κ3) is 8.97. The van der Waals surface area contributed by atoms with Crippen LogP contribution in [-0.4, -0.2) is 31.9 Å². The van der Waals surface area contributed by atoms with Crippen molar-refractivity contribution >= 4 is 18.3 Å². The van der Waals surface area contributed by atoms with Crippen LogP contribution in [0.4, 0.5) is 13.2 Å². The quantitative estimate of drug-likeness (QED) is 0.761. The number of halogens is 4. The highest BCUT2D eigenvalue weighted by atomic mass is 35.5. The number of amides is 1. The van der Waals surface area contributed by atoms with Crippen LogP contribution in [0, 0.1) is 5.92 Å². The maximum Gasteiger partial charge on any atom is 0.573 e. The van der Waals surface area contributed by atoms with Gasteiger partial charge >= 0.3 is 6.36 Å². The van der Waals surface area contributed by atoms with Gasteiger partial charge in [0.2, 0.25) is 5.91 Å². The molecule has 0 bridgehead atoms. The second kappa shape index (κ2) is 10.5. The normalized spacial score (nSPS) is 17.5. The van der Waals surface area contributed by atoms with Gasteiger partial charge in [0.15, 0.2) is 0 Å². The molecule has 25 heavy (non-hydrogen) atoms. The first-order valence-corrected chi connectivity index (χ1v) is 8.24. The largest absolute Gasteiger partial charge is 0.573 e. The van der Waals surface area contributed by atoms with Gasteiger partial charge in [-0.25, -0.2) is 0 Å². The molecule has 2 rings (SSSR count). The van der Waals surface area contributed by atoms with Gasteiger partial charge in [-0.2, -0.15) is 0 Å². The Balaban J connectivity index is 0.00000312. The molecule has 0 aromatic heterocycles. The molecule has 1 aliphatic rings. The number of alkyl halides is 3. The molecular weight excluding hydrogens is 357 g/mol. The summed E-state index contributed by atoms with van der Waals surface area (Å²) < 4.78 is 40.0. The lowest BCUT2D eigenvalue weighted by molar-refractivity contribution is -0.274. The molecule has 1 unspecified atom stereocenters. The van der Waals surface area contributed by atoms with Crippen molar-refractivity contribution in [1.82, 2.24) is 10.6 Å². The standard InChI is InChI=1S/C17H23F3N2O2.ClH/c18-17(19,20)24-15-6-3-13(4-7-15)5-8-16(23)22-11-9-14-2-1-10-21-12-14;/h3-4,6-7,14,21H,1-2,5,8-12H2,(H,22,23);1H. The molecule has 8 heteroatoms. The van der Waals surface area contributed by atoms with Crippen molar-refractivity contribution in [2.24, 2.45) is 5.92 Å². The summed E-state index contributed by atoms with van der Waals surface area (Å²) in [7, 11) is 0. The third-order valence-corrected chi connectivity index (χ3v) is 4.07. The van der Waals surface area contributed by atoms with Gasteiger partial charge in [-0.1, -0.05) is 12.1 Å². The monoisotopic (exact) mass is 380 g/mol. The average molecular weight is 381 g/mol. The number of carbonyl (C=O) groups excluding carboxylic acids is 1. The predicted molar refractivity (Wildman–Crippen MR) is 91.9 cm³/mol. The lowest BCUT2D eigenvalue weighted by atomic mass is 9.96. The fraction of sp³-hybridized carbons (Fsp3) is 0.588. The zero-order valence-corrected chi connectivity index (χ0v) is 14.7. The number of hydrogen-bond acceptors (Lipinski definition) is 3. The molecule has 1 atom stereocenters. The Morgan fingerprint density at radius 2 is 2.00 bits per heavy atom. The molecule has 0 saturated carbocycles. The lowest BCUT2D eigenvalue weighted by Crippen LogP contribution is -2.33. The second-order valence-corrected chi connectivity index (χ2v) is 6.04. The van der Waals surface area contributed by atoms with Crippen LogP contribution in [0.2, 0.25) is 0 Å². The highest BCUT2D eigenvalue weighted by molar-refractivity contribution is 5.85. The van der Waals surface area contributed by atoms with Crippen LogP contribution in [0.25, 0.3) is 0 Å². The topological polar surface area (TPSA) is 50.4 Å². The van der Waals surface area contributed by atoms with Crippen LogP contribution in [-0.2, 0) is 11.2 Å². The maximum atomic E-state index is 12.1. The van der Waals surface area contributed by atoms with Crippen LogP contribution >= 0.6 is 12.4 Å². The molecule has 1 heterocycles. The van der Waals surface area contributed by atoms with Crippen molar-refractivity contribution in [2.75, 3.05) is 19.6 Å². The van der Waals surface area contributed by atoms with E-state index in [1.54, 1.807) is 12.1 Å². The number of nitrogens with one attached hydrogen (secondary N) is 2. The van der Waals surface area contributed by atoms with Crippen molar-refractivity contribution in [3.8, 4) is 5.75 Å². The minimum Gasteiger partial charge on any atom is -0.406 e. The molecule has 1 fully saturated rings. The number of piperidine rings is 1. The number of aryl methyl sites for hydroxylation is 1. The Bertz CT molecular complexity index is 518. The summed E-state index contributed by atoms with van der Waals surface area (Å²) in [6.45, 7) is 2.77. The van der Waals surface area contributed by atoms with E-state index < -0.39 is 6.36 Å². The van der Waals surface area contributed by atoms with Crippen LogP contribution < -0.4 is 15.4 Å². The van der Waals surface area contributed by atoms with Gasteiger partial charge in [0.1, 0.15) is 5.75 Å². The Morgan fingerprint density at radius 1 is 1.28 bits per heavy atom. The van der Waals surface area contributed by atoms with Gasteiger partial charge in [0.05, 0.1) is 0 Å². The van der Waals surface area contributed by atoms with Gasteiger partial charge in [0, 0.05) is 13.0 Å². The average Bonchev–Trinajstić information content (AvgIpc) is 2.54. The lowest BCUT2D eigenvalue weighted by Gasteiger charge is -2.22.